The minimum atomic E-state index is 0. The van der Waals surface area contributed by atoms with Crippen LogP contribution in [0.1, 0.15) is 19.4 Å². The van der Waals surface area contributed by atoms with Gasteiger partial charge in [0.2, 0.25) is 0 Å². The molecular weight excluding hydrogens is 264 g/mol. The van der Waals surface area contributed by atoms with Crippen molar-refractivity contribution >= 4 is 12.4 Å². The maximum absolute atomic E-state index is 9.72. The van der Waals surface area contributed by atoms with Crippen LogP contribution < -0.4 is 10.5 Å². The van der Waals surface area contributed by atoms with Gasteiger partial charge in [0.1, 0.15) is 0 Å². The molecular formula is C14H25ClN2O2. The van der Waals surface area contributed by atoms with Gasteiger partial charge in [0, 0.05) is 13.1 Å². The maximum atomic E-state index is 9.72. The van der Waals surface area contributed by atoms with Crippen LogP contribution in [0.25, 0.3) is 0 Å². The molecule has 5 heteroatoms. The molecule has 0 aliphatic carbocycles. The molecule has 0 amide bonds. The Morgan fingerprint density at radius 1 is 1.37 bits per heavy atom. The van der Waals surface area contributed by atoms with Gasteiger partial charge in [-0.2, -0.15) is 0 Å². The van der Waals surface area contributed by atoms with Crippen molar-refractivity contribution in [1.29, 1.82) is 0 Å². The zero-order valence-electron chi connectivity index (χ0n) is 12.1. The normalized spacial score (nSPS) is 11.3. The number of halogens is 1. The molecule has 110 valence electrons. The van der Waals surface area contributed by atoms with Crippen LogP contribution in [-0.2, 0) is 6.54 Å². The maximum Gasteiger partial charge on any atom is 0.160 e. The van der Waals surface area contributed by atoms with Crippen LogP contribution in [-0.4, -0.2) is 37.3 Å². The van der Waals surface area contributed by atoms with E-state index < -0.39 is 0 Å². The SMILES string of the molecule is COc1ccc(CN(C)CC(C)(C)CN)cc1O.Cl. The number of nitrogens with two attached hydrogens (primary N) is 1. The summed E-state index contributed by atoms with van der Waals surface area (Å²) in [5.74, 6) is 0.685. The highest BCUT2D eigenvalue weighted by molar-refractivity contribution is 5.85. The summed E-state index contributed by atoms with van der Waals surface area (Å²) in [5.41, 5.74) is 6.89. The molecule has 0 unspecified atom stereocenters. The number of aromatic hydroxyl groups is 1. The number of hydrogen-bond acceptors (Lipinski definition) is 4. The second-order valence-electron chi connectivity index (χ2n) is 5.55. The van der Waals surface area contributed by atoms with Crippen LogP contribution in [0.4, 0.5) is 0 Å². The first-order chi connectivity index (χ1) is 8.38. The molecule has 1 rings (SSSR count). The Bertz CT molecular complexity index is 397. The molecule has 0 aromatic heterocycles. The van der Waals surface area contributed by atoms with E-state index in [9.17, 15) is 5.11 Å². The van der Waals surface area contributed by atoms with Gasteiger partial charge in [-0.15, -0.1) is 12.4 Å². The van der Waals surface area contributed by atoms with Gasteiger partial charge in [-0.1, -0.05) is 19.9 Å². The lowest BCUT2D eigenvalue weighted by Gasteiger charge is -2.29. The average Bonchev–Trinajstić information content (AvgIpc) is 2.28. The fraction of sp³-hybridized carbons (Fsp3) is 0.571. The van der Waals surface area contributed by atoms with E-state index in [0.29, 0.717) is 12.3 Å². The highest BCUT2D eigenvalue weighted by Gasteiger charge is 2.18. The number of nitrogens with zero attached hydrogens (tertiary/aromatic N) is 1. The average molecular weight is 289 g/mol. The summed E-state index contributed by atoms with van der Waals surface area (Å²) in [6.45, 7) is 6.65. The van der Waals surface area contributed by atoms with Crippen LogP contribution in [0.2, 0.25) is 0 Å². The van der Waals surface area contributed by atoms with Gasteiger partial charge >= 0.3 is 0 Å². The van der Waals surface area contributed by atoms with Crippen molar-refractivity contribution < 1.29 is 9.84 Å². The van der Waals surface area contributed by atoms with E-state index in [-0.39, 0.29) is 23.6 Å². The number of rotatable bonds is 6. The Balaban J connectivity index is 0.00000324. The Morgan fingerprint density at radius 2 is 2.00 bits per heavy atom. The Hall–Kier alpha value is -0.970. The predicted octanol–water partition coefficient (Wildman–Crippen LogP) is 2.24. The van der Waals surface area contributed by atoms with Crippen molar-refractivity contribution in [2.24, 2.45) is 11.1 Å². The lowest BCUT2D eigenvalue weighted by Crippen LogP contribution is -2.36. The van der Waals surface area contributed by atoms with E-state index in [4.69, 9.17) is 10.5 Å². The van der Waals surface area contributed by atoms with Gasteiger partial charge in [0.25, 0.3) is 0 Å². The van der Waals surface area contributed by atoms with Gasteiger partial charge in [-0.25, -0.2) is 0 Å². The van der Waals surface area contributed by atoms with Gasteiger partial charge in [-0.3, -0.25) is 0 Å². The first kappa shape index (κ1) is 18.0. The molecule has 0 saturated heterocycles. The first-order valence-electron chi connectivity index (χ1n) is 6.12. The number of methoxy groups -OCH3 is 1. The number of ether oxygens (including phenoxy) is 1. The number of phenolic OH excluding ortho intramolecular Hbond substituents is 1. The van der Waals surface area contributed by atoms with Crippen LogP contribution in [0, 0.1) is 5.41 Å². The van der Waals surface area contributed by atoms with Crippen molar-refractivity contribution in [3.63, 3.8) is 0 Å². The second-order valence-corrected chi connectivity index (χ2v) is 5.55. The third kappa shape index (κ3) is 5.68. The molecule has 0 saturated carbocycles. The molecule has 0 radical (unpaired) electrons. The van der Waals surface area contributed by atoms with E-state index in [1.165, 1.54) is 0 Å². The second kappa shape index (κ2) is 7.58. The molecule has 0 aliphatic rings. The minimum absolute atomic E-state index is 0. The molecule has 3 N–H and O–H groups in total. The van der Waals surface area contributed by atoms with Crippen LogP contribution in [0.5, 0.6) is 11.5 Å². The fourth-order valence-electron chi connectivity index (χ4n) is 2.00. The summed E-state index contributed by atoms with van der Waals surface area (Å²) in [7, 11) is 3.60. The van der Waals surface area contributed by atoms with Crippen molar-refractivity contribution in [2.45, 2.75) is 20.4 Å². The molecule has 0 spiro atoms. The van der Waals surface area contributed by atoms with Gasteiger partial charge in [0.05, 0.1) is 7.11 Å². The zero-order chi connectivity index (χ0) is 13.8. The van der Waals surface area contributed by atoms with E-state index in [1.807, 2.05) is 6.07 Å². The molecule has 0 fully saturated rings. The lowest BCUT2D eigenvalue weighted by molar-refractivity contribution is 0.209. The first-order valence-corrected chi connectivity index (χ1v) is 6.12. The zero-order valence-corrected chi connectivity index (χ0v) is 13.0. The smallest absolute Gasteiger partial charge is 0.160 e. The Kier molecular flexibility index (Phi) is 7.19. The molecule has 19 heavy (non-hydrogen) atoms. The van der Waals surface area contributed by atoms with Gasteiger partial charge in [-0.05, 0) is 36.7 Å². The van der Waals surface area contributed by atoms with E-state index in [2.05, 4.69) is 25.8 Å². The largest absolute Gasteiger partial charge is 0.504 e. The summed E-state index contributed by atoms with van der Waals surface area (Å²) >= 11 is 0. The number of phenols is 1. The van der Waals surface area contributed by atoms with Crippen LogP contribution in [0.3, 0.4) is 0 Å². The van der Waals surface area contributed by atoms with Crippen LogP contribution in [0.15, 0.2) is 18.2 Å². The van der Waals surface area contributed by atoms with Crippen molar-refractivity contribution in [1.82, 2.24) is 4.90 Å². The Morgan fingerprint density at radius 3 is 2.47 bits per heavy atom. The molecule has 1 aromatic rings. The summed E-state index contributed by atoms with van der Waals surface area (Å²) in [6.07, 6.45) is 0. The summed E-state index contributed by atoms with van der Waals surface area (Å²) in [6, 6.07) is 5.49. The molecule has 0 heterocycles. The van der Waals surface area contributed by atoms with Crippen molar-refractivity contribution in [3.8, 4) is 11.5 Å². The standard InChI is InChI=1S/C14H24N2O2.ClH/c1-14(2,9-15)10-16(3)8-11-5-6-13(18-4)12(17)7-11;/h5-7,17H,8-10,15H2,1-4H3;1H. The lowest BCUT2D eigenvalue weighted by atomic mass is 9.93. The molecule has 0 bridgehead atoms. The molecule has 0 atom stereocenters. The fourth-order valence-corrected chi connectivity index (χ4v) is 2.00. The quantitative estimate of drug-likeness (QED) is 0.843. The number of benzene rings is 1. The highest BCUT2D eigenvalue weighted by atomic mass is 35.5. The van der Waals surface area contributed by atoms with Crippen LogP contribution >= 0.6 is 12.4 Å². The number of hydrogen-bond donors (Lipinski definition) is 2. The molecule has 0 aliphatic heterocycles. The van der Waals surface area contributed by atoms with Crippen molar-refractivity contribution in [3.05, 3.63) is 23.8 Å². The van der Waals surface area contributed by atoms with Gasteiger partial charge < -0.3 is 20.5 Å². The van der Waals surface area contributed by atoms with Gasteiger partial charge in [0.15, 0.2) is 11.5 Å². The minimum Gasteiger partial charge on any atom is -0.504 e. The third-order valence-corrected chi connectivity index (χ3v) is 2.95. The molecule has 4 nitrogen and oxygen atoms in total. The highest BCUT2D eigenvalue weighted by Crippen LogP contribution is 2.27. The summed E-state index contributed by atoms with van der Waals surface area (Å²) < 4.78 is 5.02. The van der Waals surface area contributed by atoms with Crippen molar-refractivity contribution in [2.75, 3.05) is 27.2 Å². The Labute approximate surface area is 122 Å². The molecule has 1 aromatic carbocycles. The predicted molar refractivity (Wildman–Crippen MR) is 81.1 cm³/mol. The summed E-state index contributed by atoms with van der Waals surface area (Å²) in [4.78, 5) is 2.20. The van der Waals surface area contributed by atoms with E-state index in [1.54, 1.807) is 19.2 Å². The summed E-state index contributed by atoms with van der Waals surface area (Å²) in [5, 5.41) is 9.72. The van der Waals surface area contributed by atoms with E-state index >= 15 is 0 Å². The monoisotopic (exact) mass is 288 g/mol. The topological polar surface area (TPSA) is 58.7 Å². The third-order valence-electron chi connectivity index (χ3n) is 2.95. The van der Waals surface area contributed by atoms with E-state index in [0.717, 1.165) is 18.7 Å².